The summed E-state index contributed by atoms with van der Waals surface area (Å²) in [5.74, 6) is -0.267. The third-order valence-corrected chi connectivity index (χ3v) is 6.33. The van der Waals surface area contributed by atoms with Gasteiger partial charge in [-0.2, -0.15) is 0 Å². The largest absolute Gasteiger partial charge is 0.283 e. The number of allylic oxidation sites excluding steroid dienone is 1. The maximum Gasteiger partial charge on any atom is 0.263 e. The Labute approximate surface area is 153 Å². The molecule has 2 amide bonds. The summed E-state index contributed by atoms with van der Waals surface area (Å²) in [7, 11) is 0. The van der Waals surface area contributed by atoms with Crippen LogP contribution in [-0.2, 0) is 16.1 Å². The fourth-order valence-electron chi connectivity index (χ4n) is 2.83. The molecule has 8 heteroatoms. The van der Waals surface area contributed by atoms with Crippen molar-refractivity contribution < 1.29 is 9.59 Å². The molecule has 2 aromatic heterocycles. The van der Waals surface area contributed by atoms with E-state index >= 15 is 0 Å². The number of thioether (sulfide) groups is 1. The van der Waals surface area contributed by atoms with Crippen molar-refractivity contribution in [3.8, 4) is 0 Å². The maximum atomic E-state index is 12.8. The van der Waals surface area contributed by atoms with Crippen molar-refractivity contribution in [3.63, 3.8) is 0 Å². The summed E-state index contributed by atoms with van der Waals surface area (Å²) in [5, 5.41) is 1.12. The Morgan fingerprint density at radius 2 is 2.16 bits per heavy atom. The molecule has 1 saturated heterocycles. The Balaban J connectivity index is 1.93. The van der Waals surface area contributed by atoms with Crippen molar-refractivity contribution in [2.45, 2.75) is 38.4 Å². The van der Waals surface area contributed by atoms with Gasteiger partial charge < -0.3 is 0 Å². The third kappa shape index (κ3) is 3.28. The molecule has 3 rings (SSSR count). The Kier molecular flexibility index (Phi) is 5.10. The minimum Gasteiger partial charge on any atom is -0.283 e. The summed E-state index contributed by atoms with van der Waals surface area (Å²) in [6, 6.07) is 0. The van der Waals surface area contributed by atoms with Crippen molar-refractivity contribution in [2.75, 3.05) is 12.3 Å². The van der Waals surface area contributed by atoms with Crippen LogP contribution in [0, 0.1) is 13.8 Å². The van der Waals surface area contributed by atoms with E-state index in [9.17, 15) is 14.4 Å². The molecule has 0 N–H and O–H groups in total. The van der Waals surface area contributed by atoms with Gasteiger partial charge >= 0.3 is 0 Å². The molecule has 0 saturated carbocycles. The number of aryl methyl sites for hydroxylation is 2. The lowest BCUT2D eigenvalue weighted by Gasteiger charge is -2.14. The molecule has 132 valence electrons. The van der Waals surface area contributed by atoms with Crippen molar-refractivity contribution in [1.29, 1.82) is 0 Å². The Bertz CT molecular complexity index is 929. The molecule has 0 unspecified atom stereocenters. The van der Waals surface area contributed by atoms with Gasteiger partial charge in [0.05, 0.1) is 11.1 Å². The van der Waals surface area contributed by atoms with E-state index in [1.807, 2.05) is 13.8 Å². The number of hydrogen-bond donors (Lipinski definition) is 0. The lowest BCUT2D eigenvalue weighted by Crippen LogP contribution is -2.33. The fourth-order valence-corrected chi connectivity index (χ4v) is 4.78. The summed E-state index contributed by atoms with van der Waals surface area (Å²) in [4.78, 5) is 44.4. The first kappa shape index (κ1) is 17.9. The Morgan fingerprint density at radius 3 is 2.80 bits per heavy atom. The number of likely N-dealkylation sites (tertiary alicyclic amines) is 1. The van der Waals surface area contributed by atoms with Gasteiger partial charge in [0.15, 0.2) is 5.16 Å². The van der Waals surface area contributed by atoms with E-state index in [4.69, 9.17) is 0 Å². The highest BCUT2D eigenvalue weighted by atomic mass is 32.2. The van der Waals surface area contributed by atoms with Crippen molar-refractivity contribution in [1.82, 2.24) is 14.5 Å². The summed E-state index contributed by atoms with van der Waals surface area (Å²) in [6.45, 7) is 8.40. The highest BCUT2D eigenvalue weighted by molar-refractivity contribution is 7.99. The highest BCUT2D eigenvalue weighted by Gasteiger charge is 2.26. The second kappa shape index (κ2) is 7.13. The van der Waals surface area contributed by atoms with E-state index in [0.29, 0.717) is 41.3 Å². The first-order valence-corrected chi connectivity index (χ1v) is 9.81. The molecule has 0 aliphatic carbocycles. The number of fused-ring (bicyclic) bond motifs is 1. The van der Waals surface area contributed by atoms with Gasteiger partial charge in [0.1, 0.15) is 4.83 Å². The van der Waals surface area contributed by atoms with Gasteiger partial charge in [0.25, 0.3) is 5.56 Å². The molecule has 2 aromatic rings. The van der Waals surface area contributed by atoms with Gasteiger partial charge in [-0.25, -0.2) is 4.98 Å². The van der Waals surface area contributed by atoms with E-state index in [-0.39, 0.29) is 23.1 Å². The van der Waals surface area contributed by atoms with E-state index in [2.05, 4.69) is 11.6 Å². The lowest BCUT2D eigenvalue weighted by atomic mass is 10.2. The zero-order valence-electron chi connectivity index (χ0n) is 14.2. The number of aromatic nitrogens is 2. The van der Waals surface area contributed by atoms with Gasteiger partial charge in [-0.1, -0.05) is 17.8 Å². The number of thiophene rings is 1. The summed E-state index contributed by atoms with van der Waals surface area (Å²) < 4.78 is 1.54. The minimum absolute atomic E-state index is 0.0875. The average Bonchev–Trinajstić information content (AvgIpc) is 3.12. The van der Waals surface area contributed by atoms with Crippen LogP contribution in [0.1, 0.15) is 23.3 Å². The van der Waals surface area contributed by atoms with Crippen LogP contribution in [0.3, 0.4) is 0 Å². The van der Waals surface area contributed by atoms with E-state index in [0.717, 1.165) is 10.4 Å². The van der Waals surface area contributed by atoms with Crippen LogP contribution in [0.2, 0.25) is 0 Å². The molecular formula is C17H19N3O3S2. The van der Waals surface area contributed by atoms with Crippen molar-refractivity contribution in [3.05, 3.63) is 33.4 Å². The molecule has 0 bridgehead atoms. The molecule has 1 fully saturated rings. The van der Waals surface area contributed by atoms with Gasteiger partial charge in [-0.3, -0.25) is 23.9 Å². The van der Waals surface area contributed by atoms with Crippen LogP contribution >= 0.6 is 23.1 Å². The molecule has 25 heavy (non-hydrogen) atoms. The average molecular weight is 377 g/mol. The lowest BCUT2D eigenvalue weighted by molar-refractivity contribution is -0.140. The van der Waals surface area contributed by atoms with Gasteiger partial charge in [0, 0.05) is 24.4 Å². The molecule has 1 aliphatic rings. The normalized spacial score (nSPS) is 14.5. The number of amides is 2. The second-order valence-electron chi connectivity index (χ2n) is 5.89. The van der Waals surface area contributed by atoms with Crippen molar-refractivity contribution in [2.24, 2.45) is 0 Å². The zero-order valence-corrected chi connectivity index (χ0v) is 15.8. The monoisotopic (exact) mass is 377 g/mol. The van der Waals surface area contributed by atoms with Crippen LogP contribution < -0.4 is 5.56 Å². The van der Waals surface area contributed by atoms with Crippen molar-refractivity contribution >= 4 is 45.1 Å². The van der Waals surface area contributed by atoms with E-state index in [1.165, 1.54) is 32.6 Å². The first-order valence-electron chi connectivity index (χ1n) is 8.01. The predicted molar refractivity (Wildman–Crippen MR) is 100 cm³/mol. The first-order chi connectivity index (χ1) is 11.9. The zero-order chi connectivity index (χ0) is 18.1. The topological polar surface area (TPSA) is 72.3 Å². The second-order valence-corrected chi connectivity index (χ2v) is 8.04. The van der Waals surface area contributed by atoms with Crippen LogP contribution in [0.4, 0.5) is 0 Å². The third-order valence-electron chi connectivity index (χ3n) is 4.26. The quantitative estimate of drug-likeness (QED) is 0.455. The number of carbonyl (C=O) groups excluding carboxylic acids is 2. The maximum absolute atomic E-state index is 12.8. The van der Waals surface area contributed by atoms with Crippen LogP contribution in [0.15, 0.2) is 22.6 Å². The number of hydrogen-bond acceptors (Lipinski definition) is 6. The molecule has 1 aliphatic heterocycles. The summed E-state index contributed by atoms with van der Waals surface area (Å²) >= 11 is 2.68. The van der Waals surface area contributed by atoms with Crippen LogP contribution in [0.25, 0.3) is 10.2 Å². The van der Waals surface area contributed by atoms with Crippen LogP contribution in [0.5, 0.6) is 0 Å². The molecule has 0 spiro atoms. The SMILES string of the molecule is C=CCn1c(SCC(=O)N2CCCC2=O)nc2sc(C)c(C)c2c1=O. The summed E-state index contributed by atoms with van der Waals surface area (Å²) in [5.41, 5.74) is 0.838. The fraction of sp³-hybridized carbons (Fsp3) is 0.412. The molecule has 0 atom stereocenters. The molecule has 3 heterocycles. The van der Waals surface area contributed by atoms with Crippen LogP contribution in [-0.4, -0.2) is 38.6 Å². The number of carbonyl (C=O) groups is 2. The van der Waals surface area contributed by atoms with E-state index in [1.54, 1.807) is 6.08 Å². The van der Waals surface area contributed by atoms with Gasteiger partial charge in [-0.05, 0) is 25.8 Å². The predicted octanol–water partition coefficient (Wildman–Crippen LogP) is 2.50. The number of rotatable bonds is 5. The number of nitrogens with zero attached hydrogens (tertiary/aromatic N) is 3. The Morgan fingerprint density at radius 1 is 1.40 bits per heavy atom. The minimum atomic E-state index is -0.231. The Hall–Kier alpha value is -1.93. The summed E-state index contributed by atoms with van der Waals surface area (Å²) in [6.07, 6.45) is 2.78. The smallest absolute Gasteiger partial charge is 0.263 e. The highest BCUT2D eigenvalue weighted by Crippen LogP contribution is 2.28. The van der Waals surface area contributed by atoms with Gasteiger partial charge in [0.2, 0.25) is 11.8 Å². The van der Waals surface area contributed by atoms with Gasteiger partial charge in [-0.15, -0.1) is 17.9 Å². The van der Waals surface area contributed by atoms with E-state index < -0.39 is 0 Å². The number of imide groups is 1. The standard InChI is InChI=1S/C17H19N3O3S2/c1-4-7-20-16(23)14-10(2)11(3)25-15(14)18-17(20)24-9-13(22)19-8-5-6-12(19)21/h4H,1,5-9H2,2-3H3. The molecular weight excluding hydrogens is 358 g/mol. The molecule has 0 radical (unpaired) electrons. The molecule has 0 aromatic carbocycles. The molecule has 6 nitrogen and oxygen atoms in total.